The van der Waals surface area contributed by atoms with Crippen LogP contribution in [0.3, 0.4) is 0 Å². The Labute approximate surface area is 107 Å². The Morgan fingerprint density at radius 2 is 1.95 bits per heavy atom. The molecule has 3 N–H and O–H groups in total. The average molecular weight is 277 g/mol. The molecular formula is C12H14F3NO3. The fourth-order valence-electron chi connectivity index (χ4n) is 1.62. The van der Waals surface area contributed by atoms with Crippen molar-refractivity contribution < 1.29 is 28.2 Å². The van der Waals surface area contributed by atoms with E-state index in [1.807, 2.05) is 0 Å². The van der Waals surface area contributed by atoms with E-state index >= 15 is 0 Å². The summed E-state index contributed by atoms with van der Waals surface area (Å²) in [6, 6.07) is 2.52. The van der Waals surface area contributed by atoms with E-state index in [1.165, 1.54) is 7.05 Å². The summed E-state index contributed by atoms with van der Waals surface area (Å²) in [5, 5.41) is 21.9. The van der Waals surface area contributed by atoms with Gasteiger partial charge in [-0.3, -0.25) is 4.79 Å². The van der Waals surface area contributed by atoms with Crippen LogP contribution in [0.15, 0.2) is 18.2 Å². The van der Waals surface area contributed by atoms with Gasteiger partial charge in [-0.15, -0.1) is 0 Å². The lowest BCUT2D eigenvalue weighted by atomic mass is 9.99. The first kappa shape index (κ1) is 15.6. The zero-order chi connectivity index (χ0) is 14.6. The van der Waals surface area contributed by atoms with Gasteiger partial charge >= 0.3 is 6.18 Å². The van der Waals surface area contributed by atoms with Gasteiger partial charge < -0.3 is 15.5 Å². The van der Waals surface area contributed by atoms with E-state index in [0.717, 1.165) is 12.1 Å². The molecule has 19 heavy (non-hydrogen) atoms. The van der Waals surface area contributed by atoms with Crippen LogP contribution in [-0.4, -0.2) is 36.2 Å². The van der Waals surface area contributed by atoms with E-state index in [-0.39, 0.29) is 24.0 Å². The molecular weight excluding hydrogens is 263 g/mol. The topological polar surface area (TPSA) is 69.6 Å². The van der Waals surface area contributed by atoms with Crippen molar-refractivity contribution in [1.29, 1.82) is 0 Å². The predicted octanol–water partition coefficient (Wildman–Crippen LogP) is 1.13. The molecule has 0 saturated carbocycles. The number of hydrogen-bond acceptors (Lipinski definition) is 4. The maximum atomic E-state index is 12.6. The van der Waals surface area contributed by atoms with Gasteiger partial charge in [0.25, 0.3) is 0 Å². The maximum absolute atomic E-state index is 12.6. The van der Waals surface area contributed by atoms with E-state index < -0.39 is 23.9 Å². The van der Waals surface area contributed by atoms with Crippen molar-refractivity contribution in [3.05, 3.63) is 34.9 Å². The van der Waals surface area contributed by atoms with E-state index in [4.69, 9.17) is 0 Å². The summed E-state index contributed by atoms with van der Waals surface area (Å²) in [6.45, 7) is 0.00777. The number of aliphatic hydroxyl groups excluding tert-OH is 2. The number of halogens is 3. The Hall–Kier alpha value is -1.44. The lowest BCUT2D eigenvalue weighted by Gasteiger charge is -2.19. The zero-order valence-corrected chi connectivity index (χ0v) is 10.1. The van der Waals surface area contributed by atoms with Gasteiger partial charge in [0.2, 0.25) is 0 Å². The van der Waals surface area contributed by atoms with Crippen molar-refractivity contribution in [2.45, 2.75) is 18.4 Å². The smallest absolute Gasteiger partial charge is 0.389 e. The molecule has 0 aliphatic heterocycles. The Balaban J connectivity index is 3.16. The Morgan fingerprint density at radius 1 is 1.32 bits per heavy atom. The van der Waals surface area contributed by atoms with Crippen LogP contribution >= 0.6 is 0 Å². The second-order valence-corrected chi connectivity index (χ2v) is 4.07. The molecule has 1 aromatic rings. The van der Waals surface area contributed by atoms with Gasteiger partial charge in [0.05, 0.1) is 11.7 Å². The van der Waals surface area contributed by atoms with Crippen LogP contribution in [0.25, 0.3) is 0 Å². The highest BCUT2D eigenvalue weighted by atomic mass is 19.4. The van der Waals surface area contributed by atoms with Crippen molar-refractivity contribution in [3.63, 3.8) is 0 Å². The minimum absolute atomic E-state index is 0.00777. The molecule has 0 aliphatic rings. The molecule has 0 heterocycles. The fourth-order valence-corrected chi connectivity index (χ4v) is 1.62. The molecule has 0 fully saturated rings. The molecule has 0 aromatic heterocycles. The van der Waals surface area contributed by atoms with Crippen molar-refractivity contribution in [2.75, 3.05) is 13.6 Å². The number of carbonyl (C=O) groups excluding carboxylic acids is 1. The fraction of sp³-hybridized carbons (Fsp3) is 0.417. The highest BCUT2D eigenvalue weighted by Crippen LogP contribution is 2.32. The molecule has 7 heteroatoms. The van der Waals surface area contributed by atoms with E-state index in [2.05, 4.69) is 5.32 Å². The number of benzene rings is 1. The monoisotopic (exact) mass is 277 g/mol. The molecule has 1 aromatic carbocycles. The van der Waals surface area contributed by atoms with Crippen molar-refractivity contribution >= 4 is 6.29 Å². The lowest BCUT2D eigenvalue weighted by molar-refractivity contribution is -0.137. The highest BCUT2D eigenvalue weighted by Gasteiger charge is 2.32. The molecule has 4 nitrogen and oxygen atoms in total. The minimum Gasteiger partial charge on any atom is -0.389 e. The van der Waals surface area contributed by atoms with Crippen molar-refractivity contribution in [2.24, 2.45) is 0 Å². The molecule has 0 spiro atoms. The predicted molar refractivity (Wildman–Crippen MR) is 61.7 cm³/mol. The van der Waals surface area contributed by atoms with E-state index in [1.54, 1.807) is 0 Å². The summed E-state index contributed by atoms with van der Waals surface area (Å²) in [7, 11) is 1.53. The lowest BCUT2D eigenvalue weighted by Crippen LogP contribution is -2.29. The normalized spacial score (nSPS) is 15.1. The molecule has 2 atom stereocenters. The molecule has 0 saturated heterocycles. The SMILES string of the molecule is CNCC(O)C(O)c1cc(C=O)cc(C(F)(F)F)c1. The first-order valence-electron chi connectivity index (χ1n) is 5.47. The first-order chi connectivity index (χ1) is 8.79. The number of alkyl halides is 3. The maximum Gasteiger partial charge on any atom is 0.416 e. The van der Waals surface area contributed by atoms with Gasteiger partial charge in [0.1, 0.15) is 12.4 Å². The van der Waals surface area contributed by atoms with Gasteiger partial charge in [-0.25, -0.2) is 0 Å². The molecule has 0 amide bonds. The van der Waals surface area contributed by atoms with Gasteiger partial charge in [-0.2, -0.15) is 13.2 Å². The van der Waals surface area contributed by atoms with Crippen LogP contribution in [0.1, 0.15) is 27.6 Å². The third-order valence-electron chi connectivity index (χ3n) is 2.56. The molecule has 0 bridgehead atoms. The number of likely N-dealkylation sites (N-methyl/N-ethyl adjacent to an activating group) is 1. The number of aldehydes is 1. The summed E-state index contributed by atoms with van der Waals surface area (Å²) < 4.78 is 37.9. The Morgan fingerprint density at radius 3 is 2.42 bits per heavy atom. The molecule has 1 rings (SSSR count). The van der Waals surface area contributed by atoms with Gasteiger partial charge in [-0.1, -0.05) is 0 Å². The summed E-state index contributed by atoms with van der Waals surface area (Å²) in [5.74, 6) is 0. The average Bonchev–Trinajstić information content (AvgIpc) is 2.36. The number of carbonyl (C=O) groups is 1. The van der Waals surface area contributed by atoms with Crippen molar-refractivity contribution in [3.8, 4) is 0 Å². The molecule has 2 unspecified atom stereocenters. The molecule has 106 valence electrons. The number of hydrogen-bond donors (Lipinski definition) is 3. The first-order valence-corrected chi connectivity index (χ1v) is 5.47. The number of aliphatic hydroxyl groups is 2. The van der Waals surface area contributed by atoms with Crippen LogP contribution in [0.4, 0.5) is 13.2 Å². The number of rotatable bonds is 5. The van der Waals surface area contributed by atoms with Crippen molar-refractivity contribution in [1.82, 2.24) is 5.32 Å². The van der Waals surface area contributed by atoms with E-state index in [0.29, 0.717) is 6.07 Å². The minimum atomic E-state index is -4.62. The summed E-state index contributed by atoms with van der Waals surface area (Å²) >= 11 is 0. The second-order valence-electron chi connectivity index (χ2n) is 4.07. The van der Waals surface area contributed by atoms with Crippen LogP contribution in [0, 0.1) is 0 Å². The Kier molecular flexibility index (Phi) is 5.04. The summed E-state index contributed by atoms with van der Waals surface area (Å²) in [4.78, 5) is 10.6. The van der Waals surface area contributed by atoms with Gasteiger partial charge in [0.15, 0.2) is 0 Å². The molecule has 0 radical (unpaired) electrons. The quantitative estimate of drug-likeness (QED) is 0.706. The van der Waals surface area contributed by atoms with Crippen LogP contribution in [-0.2, 0) is 6.18 Å². The van der Waals surface area contributed by atoms with Crippen LogP contribution < -0.4 is 5.32 Å². The molecule has 0 aliphatic carbocycles. The summed E-state index contributed by atoms with van der Waals surface area (Å²) in [6.07, 6.45) is -7.14. The number of nitrogens with one attached hydrogen (secondary N) is 1. The summed E-state index contributed by atoms with van der Waals surface area (Å²) in [5.41, 5.74) is -1.40. The standard InChI is InChI=1S/C12H14F3NO3/c1-16-5-10(18)11(19)8-2-7(6-17)3-9(4-8)12(13,14)15/h2-4,6,10-11,16,18-19H,5H2,1H3. The van der Waals surface area contributed by atoms with Gasteiger partial charge in [-0.05, 0) is 30.8 Å². The third-order valence-corrected chi connectivity index (χ3v) is 2.56. The third kappa shape index (κ3) is 4.02. The van der Waals surface area contributed by atoms with Crippen LogP contribution in [0.5, 0.6) is 0 Å². The second kappa shape index (κ2) is 6.14. The zero-order valence-electron chi connectivity index (χ0n) is 10.1. The van der Waals surface area contributed by atoms with E-state index in [9.17, 15) is 28.2 Å². The largest absolute Gasteiger partial charge is 0.416 e. The van der Waals surface area contributed by atoms with Gasteiger partial charge in [0, 0.05) is 12.1 Å². The van der Waals surface area contributed by atoms with Crippen LogP contribution in [0.2, 0.25) is 0 Å². The Bertz CT molecular complexity index is 448. The highest BCUT2D eigenvalue weighted by molar-refractivity contribution is 5.75.